The Kier molecular flexibility index (Phi) is 12.8. The van der Waals surface area contributed by atoms with Gasteiger partial charge in [0.15, 0.2) is 0 Å². The number of hydrogen-bond donors (Lipinski definition) is 3. The van der Waals surface area contributed by atoms with Crippen LogP contribution in [0.2, 0.25) is 0 Å². The van der Waals surface area contributed by atoms with Gasteiger partial charge < -0.3 is 2.85 Å². The first kappa shape index (κ1) is 15.8. The molecule has 0 atom stereocenters. The van der Waals surface area contributed by atoms with Gasteiger partial charge in [-0.2, -0.15) is 0 Å². The molecule has 0 aliphatic carbocycles. The van der Waals surface area contributed by atoms with Crippen molar-refractivity contribution < 1.29 is 35.9 Å². The van der Waals surface area contributed by atoms with Gasteiger partial charge in [-0.25, -0.2) is 0 Å². The van der Waals surface area contributed by atoms with Gasteiger partial charge in [-0.3, -0.25) is 0 Å². The summed E-state index contributed by atoms with van der Waals surface area (Å²) in [5.74, 6) is 0. The van der Waals surface area contributed by atoms with E-state index >= 15 is 0 Å². The molecule has 0 fully saturated rings. The molecule has 0 aliphatic heterocycles. The van der Waals surface area contributed by atoms with Crippen molar-refractivity contribution in [3.63, 3.8) is 0 Å². The largest absolute Gasteiger partial charge is 2.00 e. The van der Waals surface area contributed by atoms with Crippen LogP contribution in [-0.4, -0.2) is 49.9 Å². The van der Waals surface area contributed by atoms with E-state index in [1.165, 1.54) is 0 Å². The third kappa shape index (κ3) is 98.8. The van der Waals surface area contributed by atoms with Crippen LogP contribution in [0.15, 0.2) is 0 Å². The molecule has 0 unspecified atom stereocenters. The van der Waals surface area contributed by atoms with Crippen LogP contribution in [0.25, 0.3) is 0 Å². The smallest absolute Gasteiger partial charge is 1.00 e. The Morgan fingerprint density at radius 1 is 1.29 bits per heavy atom. The fourth-order valence-corrected chi connectivity index (χ4v) is 0. The van der Waals surface area contributed by atoms with Gasteiger partial charge in [0.05, 0.1) is 0 Å². The molecule has 0 saturated carbocycles. The van der Waals surface area contributed by atoms with Crippen LogP contribution in [0.4, 0.5) is 0 Å². The van der Waals surface area contributed by atoms with Crippen molar-refractivity contribution in [2.24, 2.45) is 0 Å². The first-order valence-corrected chi connectivity index (χ1v) is 4.07. The third-order valence-electron chi connectivity index (χ3n) is 0. The fraction of sp³-hybridized carbons (Fsp3) is 0. The molecule has 4 nitrogen and oxygen atoms in total. The van der Waals surface area contributed by atoms with Crippen molar-refractivity contribution in [3.05, 3.63) is 0 Å². The van der Waals surface area contributed by atoms with Crippen LogP contribution >= 0.6 is 0 Å². The Hall–Kier alpha value is 1.52. The normalized spacial score (nSPS) is 8.43. The average Bonchev–Trinajstić information content (AvgIpc) is 0.722. The van der Waals surface area contributed by atoms with Crippen molar-refractivity contribution in [2.45, 2.75) is 0 Å². The first-order chi connectivity index (χ1) is 2.00. The Balaban J connectivity index is -0.0000000133. The van der Waals surface area contributed by atoms with Gasteiger partial charge in [-0.1, -0.05) is 0 Å². The molecule has 0 aromatic heterocycles. The van der Waals surface area contributed by atoms with E-state index in [1.807, 2.05) is 0 Å². The predicted octanol–water partition coefficient (Wildman–Crippen LogP) is -2.33. The van der Waals surface area contributed by atoms with E-state index in [9.17, 15) is 0 Å². The van der Waals surface area contributed by atoms with Crippen LogP contribution in [0.1, 0.15) is 2.85 Å². The van der Waals surface area contributed by atoms with E-state index in [-0.39, 0.29) is 43.0 Å². The van der Waals surface area contributed by atoms with E-state index in [0.29, 0.717) is 0 Å². The van der Waals surface area contributed by atoms with E-state index in [2.05, 4.69) is 0 Å². The van der Waals surface area contributed by atoms with Crippen molar-refractivity contribution in [1.82, 2.24) is 0 Å². The molecule has 0 rings (SSSR count). The molecular formula is H5AsFeMgO4. The first-order valence-electron chi connectivity index (χ1n) is 0.783. The molecule has 7 heavy (non-hydrogen) atoms. The molecule has 44 valence electrons. The van der Waals surface area contributed by atoms with Gasteiger partial charge in [0.1, 0.15) is 0 Å². The zero-order valence-electron chi connectivity index (χ0n) is 5.26. The zero-order valence-corrected chi connectivity index (χ0v) is 7.65. The second-order valence-electron chi connectivity index (χ2n) is 0.513. The maximum absolute atomic E-state index is 8.94. The topological polar surface area (TPSA) is 77.8 Å². The standard InChI is InChI=1S/AsH3O4.Fe.Mg.2H/c2-1(3,4)5;;;;/h(H3,2,3,4,5);;;;/q;;+2;2*-1. The molecule has 7 heteroatoms. The van der Waals surface area contributed by atoms with E-state index in [1.54, 1.807) is 0 Å². The predicted molar refractivity (Wildman–Crippen MR) is 21.1 cm³/mol. The molecule has 0 bridgehead atoms. The minimum atomic E-state index is -5.12. The maximum Gasteiger partial charge on any atom is 2.00 e. The summed E-state index contributed by atoms with van der Waals surface area (Å²) in [5.41, 5.74) is 0. The quantitative estimate of drug-likeness (QED) is 0.403. The SMILES string of the molecule is O=[As](O)(O)O.[Fe].[H-].[H-].[Mg+2]. The molecule has 3 N–H and O–H groups in total. The molecule has 0 aromatic rings. The summed E-state index contributed by atoms with van der Waals surface area (Å²) >= 11 is -5.12. The molecule has 0 radical (unpaired) electrons. The summed E-state index contributed by atoms with van der Waals surface area (Å²) in [5, 5.41) is 0. The van der Waals surface area contributed by atoms with Crippen LogP contribution < -0.4 is 0 Å². The Labute approximate surface area is 73.2 Å². The van der Waals surface area contributed by atoms with Crippen molar-refractivity contribution in [3.8, 4) is 0 Å². The van der Waals surface area contributed by atoms with Gasteiger partial charge in [-0.15, -0.1) is 0 Å². The Morgan fingerprint density at radius 3 is 1.29 bits per heavy atom. The maximum atomic E-state index is 8.94. The fourth-order valence-electron chi connectivity index (χ4n) is 0. The van der Waals surface area contributed by atoms with Crippen LogP contribution in [0, 0.1) is 0 Å². The van der Waals surface area contributed by atoms with Gasteiger partial charge in [0.25, 0.3) is 0 Å². The molecule has 0 heterocycles. The molecule has 0 aromatic carbocycles. The third-order valence-corrected chi connectivity index (χ3v) is 0. The Morgan fingerprint density at radius 2 is 1.29 bits per heavy atom. The van der Waals surface area contributed by atoms with Gasteiger partial charge in [0, 0.05) is 17.1 Å². The second-order valence-corrected chi connectivity index (χ2v) is 2.67. The van der Waals surface area contributed by atoms with E-state index in [4.69, 9.17) is 16.0 Å². The van der Waals surface area contributed by atoms with Crippen LogP contribution in [0.5, 0.6) is 0 Å². The molecule has 0 spiro atoms. The minimum Gasteiger partial charge on any atom is -1.00 e. The summed E-state index contributed by atoms with van der Waals surface area (Å²) in [6, 6.07) is 0. The van der Waals surface area contributed by atoms with Crippen molar-refractivity contribution >= 4 is 37.6 Å². The molecule has 0 saturated heterocycles. The van der Waals surface area contributed by atoms with Crippen LogP contribution in [0.3, 0.4) is 0 Å². The average molecular weight is 224 g/mol. The van der Waals surface area contributed by atoms with Gasteiger partial charge in [0.2, 0.25) is 0 Å². The summed E-state index contributed by atoms with van der Waals surface area (Å²) in [6.45, 7) is 0. The monoisotopic (exact) mass is 224 g/mol. The van der Waals surface area contributed by atoms with Gasteiger partial charge in [-0.05, 0) is 0 Å². The number of rotatable bonds is 0. The molecule has 0 amide bonds. The van der Waals surface area contributed by atoms with E-state index in [0.717, 1.165) is 0 Å². The van der Waals surface area contributed by atoms with Crippen molar-refractivity contribution in [2.75, 3.05) is 0 Å². The second kappa shape index (κ2) is 5.66. The molecular weight excluding hydrogens is 219 g/mol. The Bertz CT molecular complexity index is 64.7. The summed E-state index contributed by atoms with van der Waals surface area (Å²) in [6.07, 6.45) is 0. The summed E-state index contributed by atoms with van der Waals surface area (Å²) in [4.78, 5) is 0. The molecule has 0 aliphatic rings. The number of hydrogen-bond acceptors (Lipinski definition) is 1. The van der Waals surface area contributed by atoms with Crippen molar-refractivity contribution in [1.29, 1.82) is 0 Å². The summed E-state index contributed by atoms with van der Waals surface area (Å²) < 4.78 is 30.7. The summed E-state index contributed by atoms with van der Waals surface area (Å²) in [7, 11) is 0. The zero-order chi connectivity index (χ0) is 4.50. The van der Waals surface area contributed by atoms with Crippen LogP contribution in [-0.2, 0) is 20.8 Å². The van der Waals surface area contributed by atoms with E-state index < -0.39 is 14.5 Å². The van der Waals surface area contributed by atoms with Gasteiger partial charge >= 0.3 is 53.6 Å². The minimum absolute atomic E-state index is 0.